The van der Waals surface area contributed by atoms with E-state index < -0.39 is 0 Å². The molecule has 0 aliphatic heterocycles. The molecular formula is C12H16BrNO. The lowest BCUT2D eigenvalue weighted by atomic mass is 9.82. The van der Waals surface area contributed by atoms with Gasteiger partial charge in [-0.05, 0) is 18.6 Å². The first-order valence-electron chi connectivity index (χ1n) is 5.13. The highest BCUT2D eigenvalue weighted by atomic mass is 79.9. The molecule has 15 heavy (non-hydrogen) atoms. The van der Waals surface area contributed by atoms with E-state index in [1.165, 1.54) is 0 Å². The SMILES string of the molecule is CCCC(C)(C)C(=O)c1cc(Br)ccn1. The molecule has 0 bridgehead atoms. The van der Waals surface area contributed by atoms with Gasteiger partial charge in [0.1, 0.15) is 5.69 Å². The van der Waals surface area contributed by atoms with Gasteiger partial charge in [-0.2, -0.15) is 0 Å². The summed E-state index contributed by atoms with van der Waals surface area (Å²) in [6, 6.07) is 3.60. The number of carbonyl (C=O) groups excluding carboxylic acids is 1. The van der Waals surface area contributed by atoms with Crippen LogP contribution in [0.3, 0.4) is 0 Å². The minimum Gasteiger partial charge on any atom is -0.292 e. The van der Waals surface area contributed by atoms with Crippen molar-refractivity contribution in [3.63, 3.8) is 0 Å². The zero-order chi connectivity index (χ0) is 11.5. The molecule has 0 saturated heterocycles. The Morgan fingerprint density at radius 2 is 2.20 bits per heavy atom. The summed E-state index contributed by atoms with van der Waals surface area (Å²) in [5, 5.41) is 0. The van der Waals surface area contributed by atoms with Crippen LogP contribution in [-0.2, 0) is 0 Å². The Morgan fingerprint density at radius 1 is 1.53 bits per heavy atom. The average molecular weight is 270 g/mol. The average Bonchev–Trinajstić information content (AvgIpc) is 2.16. The molecule has 0 atom stereocenters. The number of halogens is 1. The second-order valence-electron chi connectivity index (χ2n) is 4.32. The molecular weight excluding hydrogens is 254 g/mol. The van der Waals surface area contributed by atoms with Gasteiger partial charge in [0, 0.05) is 16.1 Å². The molecule has 0 radical (unpaired) electrons. The molecule has 0 aliphatic carbocycles. The van der Waals surface area contributed by atoms with E-state index in [2.05, 4.69) is 27.8 Å². The lowest BCUT2D eigenvalue weighted by Gasteiger charge is -2.21. The van der Waals surface area contributed by atoms with E-state index in [9.17, 15) is 4.79 Å². The molecule has 0 N–H and O–H groups in total. The molecule has 2 nitrogen and oxygen atoms in total. The Morgan fingerprint density at radius 3 is 2.73 bits per heavy atom. The summed E-state index contributed by atoms with van der Waals surface area (Å²) < 4.78 is 0.896. The smallest absolute Gasteiger partial charge is 0.186 e. The quantitative estimate of drug-likeness (QED) is 0.778. The van der Waals surface area contributed by atoms with Crippen molar-refractivity contribution in [3.05, 3.63) is 28.5 Å². The molecule has 1 aromatic rings. The maximum absolute atomic E-state index is 12.1. The topological polar surface area (TPSA) is 30.0 Å². The number of ketones is 1. The molecule has 0 unspecified atom stereocenters. The summed E-state index contributed by atoms with van der Waals surface area (Å²) in [6.07, 6.45) is 3.55. The highest BCUT2D eigenvalue weighted by molar-refractivity contribution is 9.10. The molecule has 3 heteroatoms. The predicted octanol–water partition coefficient (Wildman–Crippen LogP) is 3.85. The van der Waals surface area contributed by atoms with Crippen LogP contribution < -0.4 is 0 Å². The minimum atomic E-state index is -0.317. The third-order valence-corrected chi connectivity index (χ3v) is 2.94. The van der Waals surface area contributed by atoms with Gasteiger partial charge in [-0.15, -0.1) is 0 Å². The van der Waals surface area contributed by atoms with Crippen molar-refractivity contribution in [1.29, 1.82) is 0 Å². The van der Waals surface area contributed by atoms with E-state index in [0.717, 1.165) is 17.3 Å². The fourth-order valence-corrected chi connectivity index (χ4v) is 1.95. The monoisotopic (exact) mass is 269 g/mol. The van der Waals surface area contributed by atoms with Gasteiger partial charge >= 0.3 is 0 Å². The zero-order valence-electron chi connectivity index (χ0n) is 9.38. The molecule has 1 heterocycles. The molecule has 0 amide bonds. The first-order chi connectivity index (χ1) is 6.97. The van der Waals surface area contributed by atoms with E-state index in [4.69, 9.17) is 0 Å². The van der Waals surface area contributed by atoms with Crippen LogP contribution in [0, 0.1) is 5.41 Å². The van der Waals surface area contributed by atoms with Gasteiger partial charge in [0.05, 0.1) is 0 Å². The second-order valence-corrected chi connectivity index (χ2v) is 5.24. The van der Waals surface area contributed by atoms with E-state index in [1.807, 2.05) is 19.9 Å². The number of hydrogen-bond donors (Lipinski definition) is 0. The summed E-state index contributed by atoms with van der Waals surface area (Å²) in [5.74, 6) is 0.116. The number of aromatic nitrogens is 1. The molecule has 0 aliphatic rings. The Labute approximate surface area is 99.2 Å². The normalized spacial score (nSPS) is 11.5. The van der Waals surface area contributed by atoms with Crippen LogP contribution in [0.25, 0.3) is 0 Å². The van der Waals surface area contributed by atoms with Crippen molar-refractivity contribution < 1.29 is 4.79 Å². The van der Waals surface area contributed by atoms with Crippen LogP contribution in [0.1, 0.15) is 44.1 Å². The summed E-state index contributed by atoms with van der Waals surface area (Å²) in [7, 11) is 0. The fourth-order valence-electron chi connectivity index (χ4n) is 1.61. The van der Waals surface area contributed by atoms with E-state index >= 15 is 0 Å². The molecule has 0 saturated carbocycles. The van der Waals surface area contributed by atoms with Gasteiger partial charge in [-0.3, -0.25) is 9.78 Å². The highest BCUT2D eigenvalue weighted by Crippen LogP contribution is 2.27. The van der Waals surface area contributed by atoms with Crippen LogP contribution in [0.15, 0.2) is 22.8 Å². The Balaban J connectivity index is 2.94. The number of pyridine rings is 1. The first kappa shape index (κ1) is 12.4. The number of carbonyl (C=O) groups is 1. The van der Waals surface area contributed by atoms with E-state index in [0.29, 0.717) is 5.69 Å². The van der Waals surface area contributed by atoms with Crippen LogP contribution in [0.2, 0.25) is 0 Å². The fraction of sp³-hybridized carbons (Fsp3) is 0.500. The van der Waals surface area contributed by atoms with Crippen molar-refractivity contribution in [2.24, 2.45) is 5.41 Å². The third kappa shape index (κ3) is 3.13. The van der Waals surface area contributed by atoms with Gasteiger partial charge < -0.3 is 0 Å². The predicted molar refractivity (Wildman–Crippen MR) is 65.0 cm³/mol. The van der Waals surface area contributed by atoms with Crippen molar-refractivity contribution in [2.45, 2.75) is 33.6 Å². The second kappa shape index (κ2) is 4.88. The van der Waals surface area contributed by atoms with Gasteiger partial charge in [-0.25, -0.2) is 0 Å². The summed E-state index contributed by atoms with van der Waals surface area (Å²) in [4.78, 5) is 16.2. The van der Waals surface area contributed by atoms with Crippen molar-refractivity contribution >= 4 is 21.7 Å². The van der Waals surface area contributed by atoms with Gasteiger partial charge in [0.15, 0.2) is 5.78 Å². The van der Waals surface area contributed by atoms with E-state index in [-0.39, 0.29) is 11.2 Å². The molecule has 0 aromatic carbocycles. The lowest BCUT2D eigenvalue weighted by molar-refractivity contribution is 0.0820. The Hall–Kier alpha value is -0.700. The minimum absolute atomic E-state index is 0.116. The molecule has 1 aromatic heterocycles. The number of hydrogen-bond acceptors (Lipinski definition) is 2. The van der Waals surface area contributed by atoms with Crippen LogP contribution >= 0.6 is 15.9 Å². The number of nitrogens with zero attached hydrogens (tertiary/aromatic N) is 1. The van der Waals surface area contributed by atoms with Crippen LogP contribution in [-0.4, -0.2) is 10.8 Å². The lowest BCUT2D eigenvalue weighted by Crippen LogP contribution is -2.24. The number of Topliss-reactive ketones (excluding diaryl/α,β-unsaturated/α-hetero) is 1. The van der Waals surface area contributed by atoms with Gasteiger partial charge in [0.25, 0.3) is 0 Å². The Kier molecular flexibility index (Phi) is 4.03. The highest BCUT2D eigenvalue weighted by Gasteiger charge is 2.28. The van der Waals surface area contributed by atoms with Gasteiger partial charge in [-0.1, -0.05) is 43.1 Å². The standard InChI is InChI=1S/C12H16BrNO/c1-4-6-12(2,3)11(15)10-8-9(13)5-7-14-10/h5,7-8H,4,6H2,1-3H3. The van der Waals surface area contributed by atoms with Crippen LogP contribution in [0.5, 0.6) is 0 Å². The van der Waals surface area contributed by atoms with Crippen molar-refractivity contribution in [1.82, 2.24) is 4.98 Å². The van der Waals surface area contributed by atoms with E-state index in [1.54, 1.807) is 12.3 Å². The van der Waals surface area contributed by atoms with Crippen LogP contribution in [0.4, 0.5) is 0 Å². The molecule has 0 spiro atoms. The maximum Gasteiger partial charge on any atom is 0.186 e. The van der Waals surface area contributed by atoms with Crippen molar-refractivity contribution in [2.75, 3.05) is 0 Å². The molecule has 1 rings (SSSR count). The Bertz CT molecular complexity index is 360. The maximum atomic E-state index is 12.1. The summed E-state index contributed by atoms with van der Waals surface area (Å²) in [6.45, 7) is 6.03. The molecule has 0 fully saturated rings. The third-order valence-electron chi connectivity index (χ3n) is 2.44. The first-order valence-corrected chi connectivity index (χ1v) is 5.93. The van der Waals surface area contributed by atoms with Crippen molar-refractivity contribution in [3.8, 4) is 0 Å². The summed E-state index contributed by atoms with van der Waals surface area (Å²) in [5.41, 5.74) is 0.227. The molecule has 82 valence electrons. The largest absolute Gasteiger partial charge is 0.292 e. The van der Waals surface area contributed by atoms with Gasteiger partial charge in [0.2, 0.25) is 0 Å². The number of rotatable bonds is 4. The summed E-state index contributed by atoms with van der Waals surface area (Å²) >= 11 is 3.34. The zero-order valence-corrected chi connectivity index (χ0v) is 11.0.